The maximum Gasteiger partial charge on any atom is 0.232 e. The molecule has 0 bridgehead atoms. The van der Waals surface area contributed by atoms with Gasteiger partial charge in [-0.25, -0.2) is 0 Å². The first-order chi connectivity index (χ1) is 13.3. The average molecular weight is 377 g/mol. The fraction of sp³-hybridized carbons (Fsp3) is 0.292. The molecule has 0 saturated heterocycles. The highest BCUT2D eigenvalue weighted by atomic mass is 16.5. The lowest BCUT2D eigenvalue weighted by Gasteiger charge is -2.30. The molecule has 0 aliphatic rings. The van der Waals surface area contributed by atoms with Crippen LogP contribution >= 0.6 is 0 Å². The lowest BCUT2D eigenvalue weighted by molar-refractivity contribution is -0.121. The van der Waals surface area contributed by atoms with E-state index in [2.05, 4.69) is 4.90 Å². The first-order valence-electron chi connectivity index (χ1n) is 9.51. The van der Waals surface area contributed by atoms with Gasteiger partial charge in [0.25, 0.3) is 0 Å². The maximum absolute atomic E-state index is 12.8. The third-order valence-corrected chi connectivity index (χ3v) is 5.38. The normalized spacial score (nSPS) is 13.5. The van der Waals surface area contributed by atoms with E-state index in [0.29, 0.717) is 6.61 Å². The molecule has 1 amide bonds. The summed E-state index contributed by atoms with van der Waals surface area (Å²) >= 11 is 0. The van der Waals surface area contributed by atoms with Gasteiger partial charge in [-0.1, -0.05) is 48.5 Å². The van der Waals surface area contributed by atoms with Gasteiger partial charge in [-0.15, -0.1) is 0 Å². The molecule has 0 heterocycles. The van der Waals surface area contributed by atoms with E-state index in [-0.39, 0.29) is 5.91 Å². The first kappa shape index (κ1) is 19.9. The fourth-order valence-corrected chi connectivity index (χ4v) is 3.65. The van der Waals surface area contributed by atoms with E-state index in [4.69, 9.17) is 10.5 Å². The van der Waals surface area contributed by atoms with E-state index in [1.165, 1.54) is 0 Å². The number of fused-ring (bicyclic) bond motifs is 1. The summed E-state index contributed by atoms with van der Waals surface area (Å²) in [6, 6.07) is 20.0. The van der Waals surface area contributed by atoms with Crippen molar-refractivity contribution in [1.29, 1.82) is 0 Å². The van der Waals surface area contributed by atoms with Crippen molar-refractivity contribution >= 4 is 16.7 Å². The van der Waals surface area contributed by atoms with Crippen molar-refractivity contribution in [3.63, 3.8) is 0 Å². The number of ether oxygens (including phenoxy) is 1. The van der Waals surface area contributed by atoms with E-state index >= 15 is 0 Å². The summed E-state index contributed by atoms with van der Waals surface area (Å²) in [6.07, 6.45) is 0. The number of hydrogen-bond acceptors (Lipinski definition) is 3. The van der Waals surface area contributed by atoms with Crippen molar-refractivity contribution in [2.45, 2.75) is 19.3 Å². The Labute approximate surface area is 166 Å². The molecule has 28 heavy (non-hydrogen) atoms. The lowest BCUT2D eigenvalue weighted by atomic mass is 9.72. The van der Waals surface area contributed by atoms with Crippen LogP contribution in [0.5, 0.6) is 5.75 Å². The molecule has 0 saturated carbocycles. The number of likely N-dealkylation sites (N-methyl/N-ethyl adjacent to an activating group) is 1. The number of primary amides is 1. The Bertz CT molecular complexity index is 992. The smallest absolute Gasteiger partial charge is 0.232 e. The van der Waals surface area contributed by atoms with Crippen LogP contribution in [0.3, 0.4) is 0 Å². The Balaban J connectivity index is 2.12. The van der Waals surface area contributed by atoms with Crippen molar-refractivity contribution in [2.24, 2.45) is 5.73 Å². The van der Waals surface area contributed by atoms with Gasteiger partial charge < -0.3 is 15.4 Å². The molecule has 0 spiro atoms. The van der Waals surface area contributed by atoms with E-state index < -0.39 is 5.41 Å². The predicted octanol–water partition coefficient (Wildman–Crippen LogP) is 3.88. The van der Waals surface area contributed by atoms with Gasteiger partial charge in [0.1, 0.15) is 12.4 Å². The minimum Gasteiger partial charge on any atom is -0.492 e. The minimum absolute atomic E-state index is 0.377. The molecule has 3 aromatic carbocycles. The lowest BCUT2D eigenvalue weighted by Crippen LogP contribution is -2.40. The van der Waals surface area contributed by atoms with Gasteiger partial charge in [0, 0.05) is 6.54 Å². The molecule has 0 fully saturated rings. The number of nitrogens with zero attached hydrogens (tertiary/aromatic N) is 1. The van der Waals surface area contributed by atoms with E-state index in [9.17, 15) is 4.79 Å². The van der Waals surface area contributed by atoms with Crippen LogP contribution in [0.15, 0.2) is 60.7 Å². The Kier molecular flexibility index (Phi) is 5.71. The molecule has 3 rings (SSSR count). The van der Waals surface area contributed by atoms with E-state index in [1.54, 1.807) is 0 Å². The molecule has 0 aliphatic heterocycles. The zero-order valence-corrected chi connectivity index (χ0v) is 17.0. The zero-order valence-electron chi connectivity index (χ0n) is 17.0. The monoisotopic (exact) mass is 376 g/mol. The van der Waals surface area contributed by atoms with Crippen molar-refractivity contribution in [1.82, 2.24) is 4.90 Å². The largest absolute Gasteiger partial charge is 0.492 e. The first-order valence-corrected chi connectivity index (χ1v) is 9.51. The van der Waals surface area contributed by atoms with Gasteiger partial charge >= 0.3 is 0 Å². The molecular formula is C24H28N2O2. The van der Waals surface area contributed by atoms with Crippen molar-refractivity contribution in [2.75, 3.05) is 27.2 Å². The molecule has 0 radical (unpaired) electrons. The molecular weight excluding hydrogens is 348 g/mol. The Morgan fingerprint density at radius 2 is 1.75 bits per heavy atom. The molecule has 2 N–H and O–H groups in total. The van der Waals surface area contributed by atoms with Gasteiger partial charge in [-0.3, -0.25) is 4.79 Å². The number of rotatable bonds is 7. The third-order valence-electron chi connectivity index (χ3n) is 5.38. The molecule has 146 valence electrons. The maximum atomic E-state index is 12.8. The number of carbonyl (C=O) groups excluding carboxylic acids is 1. The Morgan fingerprint density at radius 3 is 2.46 bits per heavy atom. The number of hydrogen-bond donors (Lipinski definition) is 1. The highest BCUT2D eigenvalue weighted by Gasteiger charge is 2.38. The highest BCUT2D eigenvalue weighted by molar-refractivity contribution is 5.97. The number of benzene rings is 3. The predicted molar refractivity (Wildman–Crippen MR) is 115 cm³/mol. The fourth-order valence-electron chi connectivity index (χ4n) is 3.65. The molecule has 1 atom stereocenters. The number of amides is 1. The van der Waals surface area contributed by atoms with Gasteiger partial charge in [0.2, 0.25) is 5.91 Å². The van der Waals surface area contributed by atoms with Crippen LogP contribution in [-0.4, -0.2) is 38.1 Å². The molecule has 0 aliphatic carbocycles. The van der Waals surface area contributed by atoms with Crippen LogP contribution in [0.2, 0.25) is 0 Å². The summed E-state index contributed by atoms with van der Waals surface area (Å²) < 4.78 is 5.92. The van der Waals surface area contributed by atoms with Crippen LogP contribution < -0.4 is 10.5 Å². The summed E-state index contributed by atoms with van der Waals surface area (Å²) in [7, 11) is 4.02. The second-order valence-electron chi connectivity index (χ2n) is 7.64. The molecule has 3 aromatic rings. The topological polar surface area (TPSA) is 55.6 Å². The van der Waals surface area contributed by atoms with E-state index in [0.717, 1.165) is 39.8 Å². The van der Waals surface area contributed by atoms with Crippen LogP contribution in [0, 0.1) is 6.92 Å². The van der Waals surface area contributed by atoms with Crippen LogP contribution in [0.4, 0.5) is 0 Å². The molecule has 1 unspecified atom stereocenters. The van der Waals surface area contributed by atoms with E-state index in [1.807, 2.05) is 88.6 Å². The zero-order chi connectivity index (χ0) is 20.3. The van der Waals surface area contributed by atoms with Crippen molar-refractivity contribution in [3.05, 3.63) is 77.4 Å². The van der Waals surface area contributed by atoms with Crippen LogP contribution in [-0.2, 0) is 10.2 Å². The number of aryl methyl sites for hydroxylation is 1. The quantitative estimate of drug-likeness (QED) is 0.681. The summed E-state index contributed by atoms with van der Waals surface area (Å²) in [5.74, 6) is 0.368. The second kappa shape index (κ2) is 8.03. The van der Waals surface area contributed by atoms with Crippen molar-refractivity contribution in [3.8, 4) is 5.75 Å². The summed E-state index contributed by atoms with van der Waals surface area (Å²) in [5.41, 5.74) is 7.82. The second-order valence-corrected chi connectivity index (χ2v) is 7.64. The summed E-state index contributed by atoms with van der Waals surface area (Å²) in [6.45, 7) is 5.31. The molecule has 0 aromatic heterocycles. The van der Waals surface area contributed by atoms with Crippen molar-refractivity contribution < 1.29 is 9.53 Å². The van der Waals surface area contributed by atoms with Gasteiger partial charge in [0.15, 0.2) is 0 Å². The standard InChI is InChI=1S/C24H28N2O2/c1-17-12-13-19(28-15-14-26(3)4)16-22(17)24(2,23(25)27)21-11-7-9-18-8-5-6-10-20(18)21/h5-13,16H,14-15H2,1-4H3,(H2,25,27). The van der Waals surface area contributed by atoms with Gasteiger partial charge in [-0.2, -0.15) is 0 Å². The number of nitrogens with two attached hydrogens (primary N) is 1. The SMILES string of the molecule is Cc1ccc(OCCN(C)C)cc1C(C)(C(N)=O)c1cccc2ccccc12. The van der Waals surface area contributed by atoms with Crippen LogP contribution in [0.1, 0.15) is 23.6 Å². The van der Waals surface area contributed by atoms with Gasteiger partial charge in [0.05, 0.1) is 5.41 Å². The van der Waals surface area contributed by atoms with Crippen LogP contribution in [0.25, 0.3) is 10.8 Å². The van der Waals surface area contributed by atoms with Gasteiger partial charge in [-0.05, 0) is 67.5 Å². The minimum atomic E-state index is -0.966. The highest BCUT2D eigenvalue weighted by Crippen LogP contribution is 2.39. The Hall–Kier alpha value is -2.85. The number of carbonyl (C=O) groups is 1. The molecule has 4 nitrogen and oxygen atoms in total. The third kappa shape index (κ3) is 3.73. The average Bonchev–Trinajstić information content (AvgIpc) is 2.67. The molecule has 4 heteroatoms. The summed E-state index contributed by atoms with van der Waals surface area (Å²) in [5, 5.41) is 2.12. The Morgan fingerprint density at radius 1 is 1.04 bits per heavy atom. The summed E-state index contributed by atoms with van der Waals surface area (Å²) in [4.78, 5) is 14.9.